The molecule has 31 heavy (non-hydrogen) atoms. The number of thiophene rings is 1. The standard InChI is InChI=1S/C21H19N5O4S/c1-4-30-21(29)17-11-22-25(12(17)2)15-7-5-14(6-8-15)18(27)24-26-13(3)23-19-16(20(26)28)9-10-31-19/h5-11H,4H2,1-3H3,(H,24,27). The lowest BCUT2D eigenvalue weighted by Gasteiger charge is -2.11. The van der Waals surface area contributed by atoms with Gasteiger partial charge in [-0.05, 0) is 56.5 Å². The summed E-state index contributed by atoms with van der Waals surface area (Å²) in [6.45, 7) is 5.45. The third kappa shape index (κ3) is 3.73. The average molecular weight is 437 g/mol. The molecule has 0 atom stereocenters. The number of amides is 1. The second kappa shape index (κ2) is 8.15. The molecule has 1 aromatic carbocycles. The monoisotopic (exact) mass is 437 g/mol. The molecule has 4 rings (SSSR count). The Labute approximate surface area is 180 Å². The Morgan fingerprint density at radius 3 is 2.61 bits per heavy atom. The normalized spacial score (nSPS) is 10.9. The van der Waals surface area contributed by atoms with Crippen LogP contribution in [0.3, 0.4) is 0 Å². The highest BCUT2D eigenvalue weighted by atomic mass is 32.1. The SMILES string of the molecule is CCOC(=O)c1cnn(-c2ccc(C(=O)Nn3c(C)nc4sccc4c3=O)cc2)c1C. The van der Waals surface area contributed by atoms with Gasteiger partial charge in [0.25, 0.3) is 11.5 Å². The van der Waals surface area contributed by atoms with Crippen LogP contribution in [0.4, 0.5) is 0 Å². The van der Waals surface area contributed by atoms with Crippen LogP contribution in [0.25, 0.3) is 15.9 Å². The van der Waals surface area contributed by atoms with Gasteiger partial charge in [0.05, 0.1) is 29.6 Å². The van der Waals surface area contributed by atoms with E-state index in [1.807, 2.05) is 0 Å². The number of aryl methyl sites for hydroxylation is 1. The molecule has 0 spiro atoms. The number of benzene rings is 1. The molecule has 4 aromatic rings. The van der Waals surface area contributed by atoms with Gasteiger partial charge in [0.2, 0.25) is 0 Å². The second-order valence-electron chi connectivity index (χ2n) is 6.70. The minimum atomic E-state index is -0.447. The maximum atomic E-state index is 12.7. The molecule has 10 heteroatoms. The molecule has 9 nitrogen and oxygen atoms in total. The maximum Gasteiger partial charge on any atom is 0.341 e. The Morgan fingerprint density at radius 2 is 1.90 bits per heavy atom. The van der Waals surface area contributed by atoms with E-state index in [0.29, 0.717) is 38.5 Å². The highest BCUT2D eigenvalue weighted by Gasteiger charge is 2.17. The highest BCUT2D eigenvalue weighted by Crippen LogP contribution is 2.17. The number of fused-ring (bicyclic) bond motifs is 1. The van der Waals surface area contributed by atoms with Crippen LogP contribution in [0.15, 0.2) is 46.7 Å². The van der Waals surface area contributed by atoms with Gasteiger partial charge in [0.1, 0.15) is 16.2 Å². The number of ether oxygens (including phenoxy) is 1. The number of carbonyl (C=O) groups excluding carboxylic acids is 2. The summed E-state index contributed by atoms with van der Waals surface area (Å²) < 4.78 is 7.77. The molecule has 0 aliphatic carbocycles. The van der Waals surface area contributed by atoms with E-state index >= 15 is 0 Å². The van der Waals surface area contributed by atoms with Crippen LogP contribution in [0.5, 0.6) is 0 Å². The Balaban J connectivity index is 1.57. The summed E-state index contributed by atoms with van der Waals surface area (Å²) in [4.78, 5) is 42.3. The van der Waals surface area contributed by atoms with Crippen LogP contribution in [0, 0.1) is 13.8 Å². The predicted octanol–water partition coefficient (Wildman–Crippen LogP) is 2.82. The van der Waals surface area contributed by atoms with Crippen molar-refractivity contribution in [3.63, 3.8) is 0 Å². The lowest BCUT2D eigenvalue weighted by atomic mass is 10.2. The molecule has 0 aliphatic rings. The summed E-state index contributed by atoms with van der Waals surface area (Å²) in [6, 6.07) is 8.34. The fourth-order valence-corrected chi connectivity index (χ4v) is 3.95. The predicted molar refractivity (Wildman–Crippen MR) is 117 cm³/mol. The number of nitrogens with one attached hydrogen (secondary N) is 1. The topological polar surface area (TPSA) is 108 Å². The van der Waals surface area contributed by atoms with Gasteiger partial charge in [-0.2, -0.15) is 5.10 Å². The van der Waals surface area contributed by atoms with Crippen LogP contribution < -0.4 is 11.0 Å². The summed E-state index contributed by atoms with van der Waals surface area (Å²) in [5, 5.41) is 6.48. The largest absolute Gasteiger partial charge is 0.462 e. The number of carbonyl (C=O) groups is 2. The maximum absolute atomic E-state index is 12.7. The van der Waals surface area contributed by atoms with Gasteiger partial charge in [-0.3, -0.25) is 15.0 Å². The van der Waals surface area contributed by atoms with Crippen molar-refractivity contribution in [2.75, 3.05) is 12.0 Å². The zero-order valence-electron chi connectivity index (χ0n) is 17.1. The zero-order chi connectivity index (χ0) is 22.1. The molecule has 1 N–H and O–H groups in total. The molecule has 0 radical (unpaired) electrons. The summed E-state index contributed by atoms with van der Waals surface area (Å²) in [6.07, 6.45) is 1.46. The van der Waals surface area contributed by atoms with E-state index in [-0.39, 0.29) is 12.2 Å². The fourth-order valence-electron chi connectivity index (χ4n) is 3.15. The number of aromatic nitrogens is 4. The number of rotatable bonds is 5. The highest BCUT2D eigenvalue weighted by molar-refractivity contribution is 7.16. The van der Waals surface area contributed by atoms with Crippen LogP contribution in [-0.2, 0) is 4.74 Å². The van der Waals surface area contributed by atoms with Crippen molar-refractivity contribution < 1.29 is 14.3 Å². The lowest BCUT2D eigenvalue weighted by Crippen LogP contribution is -2.35. The van der Waals surface area contributed by atoms with Gasteiger partial charge in [-0.15, -0.1) is 11.3 Å². The van der Waals surface area contributed by atoms with E-state index in [1.54, 1.807) is 61.2 Å². The zero-order valence-corrected chi connectivity index (χ0v) is 17.9. The van der Waals surface area contributed by atoms with E-state index in [4.69, 9.17) is 4.74 Å². The molecule has 3 aromatic heterocycles. The quantitative estimate of drug-likeness (QED) is 0.481. The molecule has 1 amide bonds. The molecular formula is C21H19N5O4S. The van der Waals surface area contributed by atoms with Crippen molar-refractivity contribution in [1.29, 1.82) is 0 Å². The van der Waals surface area contributed by atoms with Gasteiger partial charge < -0.3 is 4.74 Å². The third-order valence-electron chi connectivity index (χ3n) is 4.76. The Kier molecular flexibility index (Phi) is 5.38. The number of nitrogens with zero attached hydrogens (tertiary/aromatic N) is 4. The van der Waals surface area contributed by atoms with Crippen molar-refractivity contribution in [3.05, 3.63) is 74.9 Å². The summed E-state index contributed by atoms with van der Waals surface area (Å²) in [7, 11) is 0. The van der Waals surface area contributed by atoms with Gasteiger partial charge in [0, 0.05) is 5.56 Å². The first-order valence-corrected chi connectivity index (χ1v) is 10.4. The Morgan fingerprint density at radius 1 is 1.16 bits per heavy atom. The van der Waals surface area contributed by atoms with E-state index in [1.165, 1.54) is 17.5 Å². The summed E-state index contributed by atoms with van der Waals surface area (Å²) in [5.74, 6) is -0.486. The molecule has 0 aliphatic heterocycles. The minimum Gasteiger partial charge on any atom is -0.462 e. The van der Waals surface area contributed by atoms with Crippen LogP contribution in [-0.4, -0.2) is 37.9 Å². The molecule has 0 saturated carbocycles. The van der Waals surface area contributed by atoms with Gasteiger partial charge in [-0.25, -0.2) is 19.1 Å². The number of esters is 1. The lowest BCUT2D eigenvalue weighted by molar-refractivity contribution is 0.0525. The van der Waals surface area contributed by atoms with Gasteiger partial charge >= 0.3 is 5.97 Å². The smallest absolute Gasteiger partial charge is 0.341 e. The number of hydrogen-bond acceptors (Lipinski definition) is 7. The molecule has 0 fully saturated rings. The third-order valence-corrected chi connectivity index (χ3v) is 5.56. The van der Waals surface area contributed by atoms with E-state index in [9.17, 15) is 14.4 Å². The average Bonchev–Trinajstić information content (AvgIpc) is 3.38. The molecule has 0 saturated heterocycles. The first-order valence-electron chi connectivity index (χ1n) is 9.51. The van der Waals surface area contributed by atoms with Gasteiger partial charge in [0.15, 0.2) is 0 Å². The first-order chi connectivity index (χ1) is 14.9. The molecule has 0 unspecified atom stereocenters. The fraction of sp³-hybridized carbons (Fsp3) is 0.190. The van der Waals surface area contributed by atoms with E-state index < -0.39 is 11.9 Å². The van der Waals surface area contributed by atoms with Crippen molar-refractivity contribution in [2.45, 2.75) is 20.8 Å². The Hall–Kier alpha value is -3.79. The molecule has 158 valence electrons. The van der Waals surface area contributed by atoms with Crippen molar-refractivity contribution in [2.24, 2.45) is 0 Å². The van der Waals surface area contributed by atoms with Crippen LogP contribution in [0.1, 0.15) is 39.2 Å². The van der Waals surface area contributed by atoms with Crippen LogP contribution in [0.2, 0.25) is 0 Å². The van der Waals surface area contributed by atoms with Crippen LogP contribution >= 0.6 is 11.3 Å². The van der Waals surface area contributed by atoms with E-state index in [0.717, 1.165) is 4.68 Å². The van der Waals surface area contributed by atoms with Crippen molar-refractivity contribution in [3.8, 4) is 5.69 Å². The summed E-state index contributed by atoms with van der Waals surface area (Å²) >= 11 is 1.37. The molecule has 0 bridgehead atoms. The van der Waals surface area contributed by atoms with Gasteiger partial charge in [-0.1, -0.05) is 0 Å². The molecular weight excluding hydrogens is 418 g/mol. The number of hydrogen-bond donors (Lipinski definition) is 1. The molecule has 3 heterocycles. The minimum absolute atomic E-state index is 0.282. The Bertz CT molecular complexity index is 1350. The summed E-state index contributed by atoms with van der Waals surface area (Å²) in [5.41, 5.74) is 4.33. The second-order valence-corrected chi connectivity index (χ2v) is 7.60. The van der Waals surface area contributed by atoms with Crippen molar-refractivity contribution >= 4 is 33.4 Å². The first kappa shape index (κ1) is 20.5. The van der Waals surface area contributed by atoms with E-state index in [2.05, 4.69) is 15.5 Å². The van der Waals surface area contributed by atoms with Crippen molar-refractivity contribution in [1.82, 2.24) is 19.4 Å².